The van der Waals surface area contributed by atoms with Crippen LogP contribution in [0.2, 0.25) is 0 Å². The monoisotopic (exact) mass is 738 g/mol. The molecule has 4 rings (SSSR count). The molecule has 280 valence electrons. The Balaban J connectivity index is 0.00000217. The number of piperazine rings is 1. The summed E-state index contributed by atoms with van der Waals surface area (Å²) < 4.78 is 75.0. The lowest BCUT2D eigenvalue weighted by atomic mass is 10.1. The van der Waals surface area contributed by atoms with Gasteiger partial charge < -0.3 is 25.0 Å². The van der Waals surface area contributed by atoms with Crippen molar-refractivity contribution >= 4 is 39.4 Å². The first kappa shape index (κ1) is 42.4. The summed E-state index contributed by atoms with van der Waals surface area (Å²) in [5, 5.41) is 5.20. The van der Waals surface area contributed by atoms with Crippen LogP contribution in [0, 0.1) is 0 Å². The first-order chi connectivity index (χ1) is 24.2. The van der Waals surface area contributed by atoms with Crippen molar-refractivity contribution in [2.75, 3.05) is 37.0 Å². The number of carbonyl (C=O) groups excluding carboxylic acids is 3. The zero-order valence-corrected chi connectivity index (χ0v) is 30.5. The molecule has 1 aliphatic heterocycles. The van der Waals surface area contributed by atoms with Crippen LogP contribution in [0.4, 0.5) is 24.8 Å². The molecular formula is C34H45F3N6O7S. The number of sulfonamides is 1. The van der Waals surface area contributed by atoms with Crippen molar-refractivity contribution < 1.29 is 45.4 Å². The molecule has 1 aliphatic rings. The molecule has 2 aromatic carbocycles. The Morgan fingerprint density at radius 1 is 0.961 bits per heavy atom. The molecular weight excluding hydrogens is 693 g/mol. The van der Waals surface area contributed by atoms with Crippen LogP contribution in [0.15, 0.2) is 59.6 Å². The average molecular weight is 739 g/mol. The summed E-state index contributed by atoms with van der Waals surface area (Å²) in [6.45, 7) is 10.9. The van der Waals surface area contributed by atoms with Crippen LogP contribution in [0.1, 0.15) is 69.6 Å². The van der Waals surface area contributed by atoms with Crippen molar-refractivity contribution in [2.45, 2.75) is 78.2 Å². The summed E-state index contributed by atoms with van der Waals surface area (Å²) in [6.07, 6.45) is -1.87. The molecule has 0 aliphatic carbocycles. The number of ether oxygens (including phenoxy) is 2. The number of aryl methyl sites for hydroxylation is 1. The summed E-state index contributed by atoms with van der Waals surface area (Å²) in [7, 11) is -3.27. The van der Waals surface area contributed by atoms with Gasteiger partial charge in [-0.2, -0.15) is 4.31 Å². The van der Waals surface area contributed by atoms with E-state index in [2.05, 4.69) is 32.3 Å². The number of benzene rings is 2. The molecule has 17 heteroatoms. The fourth-order valence-corrected chi connectivity index (χ4v) is 6.45. The SMILES string of the molecule is CC.CC.CCCc1ccc(CNC(=O)[C@H]2CN(c3cnc(C(=O)OC)c(NC(C)=O)n3)CCN2S(=O)(=O)c2ccc(OC(F)(F)F)cc2)cc1. The molecule has 0 spiro atoms. The molecule has 1 atom stereocenters. The number of methoxy groups -OCH3 is 1. The van der Waals surface area contributed by atoms with Gasteiger partial charge in [0, 0.05) is 33.1 Å². The highest BCUT2D eigenvalue weighted by atomic mass is 32.2. The van der Waals surface area contributed by atoms with Crippen molar-refractivity contribution in [3.63, 3.8) is 0 Å². The molecule has 2 amide bonds. The first-order valence-corrected chi connectivity index (χ1v) is 17.9. The van der Waals surface area contributed by atoms with Crippen LogP contribution >= 0.6 is 0 Å². The summed E-state index contributed by atoms with van der Waals surface area (Å²) in [6, 6.07) is 9.95. The average Bonchev–Trinajstić information content (AvgIpc) is 3.11. The van der Waals surface area contributed by atoms with Crippen molar-refractivity contribution in [3.8, 4) is 5.75 Å². The molecule has 0 saturated carbocycles. The van der Waals surface area contributed by atoms with E-state index in [9.17, 15) is 36.0 Å². The Hall–Kier alpha value is -4.77. The van der Waals surface area contributed by atoms with Crippen molar-refractivity contribution in [3.05, 3.63) is 71.5 Å². The fraction of sp³-hybridized carbons (Fsp3) is 0.441. The molecule has 2 heterocycles. The van der Waals surface area contributed by atoms with Gasteiger partial charge in [-0.05, 0) is 41.8 Å². The van der Waals surface area contributed by atoms with Gasteiger partial charge in [0.15, 0.2) is 11.5 Å². The maximum absolute atomic E-state index is 13.8. The van der Waals surface area contributed by atoms with Gasteiger partial charge in [-0.15, -0.1) is 13.2 Å². The van der Waals surface area contributed by atoms with Gasteiger partial charge in [0.05, 0.1) is 18.2 Å². The number of alkyl halides is 3. The second kappa shape index (κ2) is 19.6. The minimum absolute atomic E-state index is 0.00291. The van der Waals surface area contributed by atoms with Crippen LogP contribution in [-0.2, 0) is 37.3 Å². The molecule has 13 nitrogen and oxygen atoms in total. The Morgan fingerprint density at radius 2 is 1.57 bits per heavy atom. The van der Waals surface area contributed by atoms with Gasteiger partial charge in [-0.3, -0.25) is 9.59 Å². The van der Waals surface area contributed by atoms with Gasteiger partial charge in [0.25, 0.3) is 0 Å². The third-order valence-corrected chi connectivity index (χ3v) is 9.01. The number of nitrogens with zero attached hydrogens (tertiary/aromatic N) is 4. The molecule has 0 unspecified atom stereocenters. The van der Waals surface area contributed by atoms with E-state index in [1.165, 1.54) is 13.1 Å². The van der Waals surface area contributed by atoms with E-state index in [-0.39, 0.29) is 48.4 Å². The van der Waals surface area contributed by atoms with Crippen molar-refractivity contribution in [2.24, 2.45) is 0 Å². The quantitative estimate of drug-likeness (QED) is 0.247. The number of nitrogens with one attached hydrogen (secondary N) is 2. The summed E-state index contributed by atoms with van der Waals surface area (Å²) in [5.41, 5.74) is 1.65. The van der Waals surface area contributed by atoms with Crippen LogP contribution in [-0.4, -0.2) is 79.6 Å². The maximum atomic E-state index is 13.8. The van der Waals surface area contributed by atoms with Gasteiger partial charge in [-0.1, -0.05) is 65.3 Å². The first-order valence-electron chi connectivity index (χ1n) is 16.4. The Morgan fingerprint density at radius 3 is 2.12 bits per heavy atom. The van der Waals surface area contributed by atoms with E-state index in [1.807, 2.05) is 52.0 Å². The normalized spacial score (nSPS) is 14.5. The number of amides is 2. The predicted molar refractivity (Wildman–Crippen MR) is 186 cm³/mol. The van der Waals surface area contributed by atoms with Crippen LogP contribution in [0.25, 0.3) is 0 Å². The summed E-state index contributed by atoms with van der Waals surface area (Å²) >= 11 is 0. The molecule has 3 aromatic rings. The number of carbonyl (C=O) groups is 3. The third-order valence-electron chi connectivity index (χ3n) is 7.08. The molecule has 0 radical (unpaired) electrons. The van der Waals surface area contributed by atoms with E-state index in [0.717, 1.165) is 59.6 Å². The molecule has 2 N–H and O–H groups in total. The van der Waals surface area contributed by atoms with Crippen LogP contribution < -0.4 is 20.3 Å². The molecule has 1 aromatic heterocycles. The lowest BCUT2D eigenvalue weighted by molar-refractivity contribution is -0.274. The van der Waals surface area contributed by atoms with Crippen molar-refractivity contribution in [1.82, 2.24) is 19.6 Å². The fourth-order valence-electron chi connectivity index (χ4n) is 4.88. The molecule has 0 bridgehead atoms. The Kier molecular flexibility index (Phi) is 16.3. The zero-order chi connectivity index (χ0) is 38.4. The summed E-state index contributed by atoms with van der Waals surface area (Å²) in [4.78, 5) is 47.3. The minimum atomic E-state index is -4.96. The van der Waals surface area contributed by atoms with Gasteiger partial charge in [-0.25, -0.2) is 23.2 Å². The highest BCUT2D eigenvalue weighted by Gasteiger charge is 2.41. The van der Waals surface area contributed by atoms with Crippen LogP contribution in [0.5, 0.6) is 5.75 Å². The van der Waals surface area contributed by atoms with Crippen LogP contribution in [0.3, 0.4) is 0 Å². The number of esters is 1. The number of hydrogen-bond acceptors (Lipinski definition) is 10. The van der Waals surface area contributed by atoms with E-state index >= 15 is 0 Å². The van der Waals surface area contributed by atoms with E-state index in [0.29, 0.717) is 0 Å². The zero-order valence-electron chi connectivity index (χ0n) is 29.7. The third kappa shape index (κ3) is 11.9. The van der Waals surface area contributed by atoms with Gasteiger partial charge in [0.2, 0.25) is 21.8 Å². The second-order valence-corrected chi connectivity index (χ2v) is 12.4. The maximum Gasteiger partial charge on any atom is 0.573 e. The minimum Gasteiger partial charge on any atom is -0.464 e. The number of anilines is 2. The molecule has 1 fully saturated rings. The van der Waals surface area contributed by atoms with Gasteiger partial charge in [0.1, 0.15) is 17.6 Å². The molecule has 1 saturated heterocycles. The predicted octanol–water partition coefficient (Wildman–Crippen LogP) is 5.32. The van der Waals surface area contributed by atoms with Gasteiger partial charge >= 0.3 is 12.3 Å². The standard InChI is InChI=1S/C30H33F3N6O7S.2C2H6/c1-4-5-20-6-8-21(9-7-20)16-35-28(41)24-18-38(25-17-34-26(29(42)45-3)27(37-25)36-19(2)40)14-15-39(24)47(43,44)23-12-10-22(11-13-23)46-30(31,32)33;2*1-2/h6-13,17,24H,4-5,14-16,18H2,1-3H3,(H,35,41)(H,36,37,40);2*1-2H3/t24-;;/m1../s1. The second-order valence-electron chi connectivity index (χ2n) is 10.5. The van der Waals surface area contributed by atoms with Crippen molar-refractivity contribution in [1.29, 1.82) is 0 Å². The Labute approximate surface area is 296 Å². The largest absolute Gasteiger partial charge is 0.573 e. The highest BCUT2D eigenvalue weighted by molar-refractivity contribution is 7.89. The highest BCUT2D eigenvalue weighted by Crippen LogP contribution is 2.28. The van der Waals surface area contributed by atoms with E-state index < -0.39 is 46.0 Å². The Bertz CT molecular complexity index is 1710. The topological polar surface area (TPSA) is 160 Å². The van der Waals surface area contributed by atoms with E-state index in [1.54, 1.807) is 4.90 Å². The lowest BCUT2D eigenvalue weighted by Gasteiger charge is -2.40. The number of aromatic nitrogens is 2. The number of halogens is 3. The molecule has 51 heavy (non-hydrogen) atoms. The van der Waals surface area contributed by atoms with E-state index in [4.69, 9.17) is 4.74 Å². The summed E-state index contributed by atoms with van der Waals surface area (Å²) in [5.74, 6) is -2.69. The number of rotatable bonds is 11. The lowest BCUT2D eigenvalue weighted by Crippen LogP contribution is -2.60. The smallest absolute Gasteiger partial charge is 0.464 e. The number of hydrogen-bond donors (Lipinski definition) is 2.